The summed E-state index contributed by atoms with van der Waals surface area (Å²) in [6.07, 6.45) is -4.06. The zero-order valence-corrected chi connectivity index (χ0v) is 12.0. The van der Waals surface area contributed by atoms with Crippen LogP contribution in [0.4, 0.5) is 13.2 Å². The van der Waals surface area contributed by atoms with Crippen LogP contribution in [-0.2, 0) is 0 Å². The molecule has 0 saturated carbocycles. The molecule has 0 unspecified atom stereocenters. The molecule has 96 valence electrons. The first kappa shape index (κ1) is 16.1. The molecule has 3 nitrogen and oxygen atoms in total. The highest BCUT2D eigenvalue weighted by Gasteiger charge is 2.26. The van der Waals surface area contributed by atoms with Crippen molar-refractivity contribution < 1.29 is 13.2 Å². The van der Waals surface area contributed by atoms with E-state index < -0.39 is 11.9 Å². The smallest absolute Gasteiger partial charge is 0.355 e. The first-order valence-corrected chi connectivity index (χ1v) is 5.78. The number of aliphatic imine (C=N–C) groups is 1. The molecule has 0 aliphatic carbocycles. The Hall–Kier alpha value is 0.140. The number of hydrogen-bond donors (Lipinski definition) is 1. The number of hydrogen-bond acceptors (Lipinski definition) is 4. The maximum absolute atomic E-state index is 11.8. The summed E-state index contributed by atoms with van der Waals surface area (Å²) < 4.78 is 35.3. The highest BCUT2D eigenvalue weighted by molar-refractivity contribution is 14.0. The van der Waals surface area contributed by atoms with Gasteiger partial charge >= 0.3 is 6.18 Å². The van der Waals surface area contributed by atoms with E-state index in [1.165, 1.54) is 0 Å². The Bertz CT molecular complexity index is 235. The van der Waals surface area contributed by atoms with Gasteiger partial charge in [-0.2, -0.15) is 24.9 Å². The van der Waals surface area contributed by atoms with E-state index in [2.05, 4.69) is 10.3 Å². The molecule has 0 spiro atoms. The zero-order valence-electron chi connectivity index (χ0n) is 8.88. The third kappa shape index (κ3) is 6.66. The third-order valence-electron chi connectivity index (χ3n) is 1.85. The van der Waals surface area contributed by atoms with E-state index in [1.54, 1.807) is 0 Å². The number of alkyl halides is 3. The lowest BCUT2D eigenvalue weighted by molar-refractivity contribution is -0.105. The SMILES string of the molecule is CN1CCN=C1NCCSCC(F)(F)F.I. The van der Waals surface area contributed by atoms with Crippen LogP contribution < -0.4 is 5.32 Å². The molecule has 0 radical (unpaired) electrons. The van der Waals surface area contributed by atoms with Gasteiger partial charge in [0.25, 0.3) is 0 Å². The fourth-order valence-electron chi connectivity index (χ4n) is 1.15. The minimum absolute atomic E-state index is 0. The van der Waals surface area contributed by atoms with Crippen molar-refractivity contribution in [3.8, 4) is 0 Å². The Morgan fingerprint density at radius 1 is 1.50 bits per heavy atom. The Morgan fingerprint density at radius 2 is 2.19 bits per heavy atom. The van der Waals surface area contributed by atoms with E-state index in [9.17, 15) is 13.2 Å². The summed E-state index contributed by atoms with van der Waals surface area (Å²) in [6.45, 7) is 2.15. The Balaban J connectivity index is 0.00000225. The summed E-state index contributed by atoms with van der Waals surface area (Å²) in [5, 5.41) is 3.01. The first-order chi connectivity index (χ1) is 6.99. The molecule has 8 heteroatoms. The van der Waals surface area contributed by atoms with Gasteiger partial charge in [0.15, 0.2) is 5.96 Å². The molecular formula is C8H15F3IN3S. The van der Waals surface area contributed by atoms with Crippen LogP contribution in [0.15, 0.2) is 4.99 Å². The van der Waals surface area contributed by atoms with E-state index >= 15 is 0 Å². The first-order valence-electron chi connectivity index (χ1n) is 4.63. The van der Waals surface area contributed by atoms with Crippen molar-refractivity contribution >= 4 is 41.7 Å². The number of likely N-dealkylation sites (N-methyl/N-ethyl adjacent to an activating group) is 1. The predicted octanol–water partition coefficient (Wildman–Crippen LogP) is 1.79. The van der Waals surface area contributed by atoms with Gasteiger partial charge in [-0.1, -0.05) is 0 Å². The number of nitrogens with zero attached hydrogens (tertiary/aromatic N) is 2. The number of nitrogens with one attached hydrogen (secondary N) is 1. The Labute approximate surface area is 114 Å². The third-order valence-corrected chi connectivity index (χ3v) is 2.88. The van der Waals surface area contributed by atoms with Gasteiger partial charge in [0.2, 0.25) is 0 Å². The van der Waals surface area contributed by atoms with Crippen LogP contribution >= 0.6 is 35.7 Å². The molecule has 1 N–H and O–H groups in total. The number of thioether (sulfide) groups is 1. The highest BCUT2D eigenvalue weighted by Crippen LogP contribution is 2.20. The van der Waals surface area contributed by atoms with E-state index in [-0.39, 0.29) is 24.0 Å². The van der Waals surface area contributed by atoms with Gasteiger partial charge in [0.1, 0.15) is 0 Å². The summed E-state index contributed by atoms with van der Waals surface area (Å²) in [5.74, 6) is 0.436. The minimum Gasteiger partial charge on any atom is -0.355 e. The lowest BCUT2D eigenvalue weighted by Crippen LogP contribution is -2.36. The fourth-order valence-corrected chi connectivity index (χ4v) is 1.77. The second-order valence-electron chi connectivity index (χ2n) is 3.22. The summed E-state index contributed by atoms with van der Waals surface area (Å²) >= 11 is 0.884. The second kappa shape index (κ2) is 7.46. The van der Waals surface area contributed by atoms with Crippen molar-refractivity contribution in [2.45, 2.75) is 6.18 Å². The van der Waals surface area contributed by atoms with Gasteiger partial charge < -0.3 is 10.2 Å². The van der Waals surface area contributed by atoms with Crippen LogP contribution in [-0.4, -0.2) is 55.2 Å². The van der Waals surface area contributed by atoms with E-state index in [1.807, 2.05) is 11.9 Å². The van der Waals surface area contributed by atoms with Crippen LogP contribution in [0, 0.1) is 0 Å². The monoisotopic (exact) mass is 369 g/mol. The highest BCUT2D eigenvalue weighted by atomic mass is 127. The van der Waals surface area contributed by atoms with E-state index in [0.717, 1.165) is 30.8 Å². The molecule has 0 aromatic carbocycles. The summed E-state index contributed by atoms with van der Waals surface area (Å²) in [6, 6.07) is 0. The van der Waals surface area contributed by atoms with Crippen LogP contribution in [0.2, 0.25) is 0 Å². The molecule has 1 rings (SSSR count). The molecule has 0 amide bonds. The molecule has 0 fully saturated rings. The van der Waals surface area contributed by atoms with Gasteiger partial charge in [-0.05, 0) is 0 Å². The Kier molecular flexibility index (Phi) is 7.53. The van der Waals surface area contributed by atoms with E-state index in [4.69, 9.17) is 0 Å². The maximum atomic E-state index is 11.8. The topological polar surface area (TPSA) is 27.6 Å². The largest absolute Gasteiger partial charge is 0.397 e. The molecule has 0 aromatic rings. The number of halogens is 4. The van der Waals surface area contributed by atoms with Crippen molar-refractivity contribution in [2.75, 3.05) is 38.2 Å². The average Bonchev–Trinajstić information content (AvgIpc) is 2.49. The summed E-state index contributed by atoms with van der Waals surface area (Å²) in [5.41, 5.74) is 0. The van der Waals surface area contributed by atoms with Crippen LogP contribution in [0.5, 0.6) is 0 Å². The molecule has 16 heavy (non-hydrogen) atoms. The fraction of sp³-hybridized carbons (Fsp3) is 0.875. The number of guanidine groups is 1. The molecular weight excluding hydrogens is 354 g/mol. The van der Waals surface area contributed by atoms with Crippen molar-refractivity contribution in [1.29, 1.82) is 0 Å². The molecule has 1 heterocycles. The van der Waals surface area contributed by atoms with Gasteiger partial charge in [-0.3, -0.25) is 4.99 Å². The average molecular weight is 369 g/mol. The molecule has 0 saturated heterocycles. The lowest BCUT2D eigenvalue weighted by Gasteiger charge is -2.15. The predicted molar refractivity (Wildman–Crippen MR) is 71.7 cm³/mol. The molecule has 0 aromatic heterocycles. The molecule has 1 aliphatic rings. The zero-order chi connectivity index (χ0) is 11.3. The van der Waals surface area contributed by atoms with Crippen LogP contribution in [0.25, 0.3) is 0 Å². The summed E-state index contributed by atoms with van der Waals surface area (Å²) in [7, 11) is 1.90. The van der Waals surface area contributed by atoms with Gasteiger partial charge in [-0.25, -0.2) is 0 Å². The van der Waals surface area contributed by atoms with Crippen molar-refractivity contribution in [1.82, 2.24) is 10.2 Å². The molecule has 0 atom stereocenters. The quantitative estimate of drug-likeness (QED) is 0.605. The second-order valence-corrected chi connectivity index (χ2v) is 4.33. The van der Waals surface area contributed by atoms with Gasteiger partial charge in [0.05, 0.1) is 12.3 Å². The molecule has 1 aliphatic heterocycles. The number of rotatable bonds is 4. The minimum atomic E-state index is -4.06. The van der Waals surface area contributed by atoms with Crippen LogP contribution in [0.1, 0.15) is 0 Å². The Morgan fingerprint density at radius 3 is 2.69 bits per heavy atom. The standard InChI is InChI=1S/C8H14F3N3S.HI/c1-14-4-2-12-7(14)13-3-5-15-6-8(9,10)11;/h2-6H2,1H3,(H,12,13);1H. The van der Waals surface area contributed by atoms with Gasteiger partial charge in [0, 0.05) is 25.9 Å². The maximum Gasteiger partial charge on any atom is 0.397 e. The normalized spacial score (nSPS) is 15.8. The summed E-state index contributed by atoms with van der Waals surface area (Å²) in [4.78, 5) is 6.12. The van der Waals surface area contributed by atoms with Crippen molar-refractivity contribution in [2.24, 2.45) is 4.99 Å². The lowest BCUT2D eigenvalue weighted by atomic mass is 10.6. The molecule has 0 bridgehead atoms. The van der Waals surface area contributed by atoms with Gasteiger partial charge in [-0.15, -0.1) is 24.0 Å². The van der Waals surface area contributed by atoms with Crippen LogP contribution in [0.3, 0.4) is 0 Å². The van der Waals surface area contributed by atoms with Crippen molar-refractivity contribution in [3.05, 3.63) is 0 Å². The van der Waals surface area contributed by atoms with E-state index in [0.29, 0.717) is 12.3 Å². The van der Waals surface area contributed by atoms with Crippen molar-refractivity contribution in [3.63, 3.8) is 0 Å².